The van der Waals surface area contributed by atoms with Crippen LogP contribution >= 0.6 is 11.3 Å². The van der Waals surface area contributed by atoms with E-state index < -0.39 is 16.5 Å². The van der Waals surface area contributed by atoms with Crippen molar-refractivity contribution in [1.29, 1.82) is 0 Å². The van der Waals surface area contributed by atoms with Crippen LogP contribution in [0.3, 0.4) is 0 Å². The van der Waals surface area contributed by atoms with Crippen molar-refractivity contribution in [2.24, 2.45) is 5.10 Å². The molecule has 1 aromatic heterocycles. The molecule has 34 heavy (non-hydrogen) atoms. The average Bonchev–Trinajstić information content (AvgIpc) is 3.45. The maximum atomic E-state index is 13.4. The highest BCUT2D eigenvalue weighted by Crippen LogP contribution is 2.35. The van der Waals surface area contributed by atoms with Gasteiger partial charge < -0.3 is 15.0 Å². The number of nitro groups is 1. The van der Waals surface area contributed by atoms with Gasteiger partial charge in [0.25, 0.3) is 11.6 Å². The van der Waals surface area contributed by atoms with E-state index in [1.165, 1.54) is 40.5 Å². The average molecular weight is 488 g/mol. The lowest BCUT2D eigenvalue weighted by molar-refractivity contribution is -0.385. The Balaban J connectivity index is 1.89. The van der Waals surface area contributed by atoms with Crippen molar-refractivity contribution >= 4 is 34.7 Å². The number of amides is 3. The molecule has 1 atom stereocenters. The number of rotatable bonds is 8. The number of methoxy groups -OCH3 is 1. The van der Waals surface area contributed by atoms with Crippen LogP contribution in [-0.4, -0.2) is 64.8 Å². The topological polar surface area (TPSA) is 117 Å². The fraction of sp³-hybridized carbons (Fsp3) is 0.435. The lowest BCUT2D eigenvalue weighted by Gasteiger charge is -2.30. The van der Waals surface area contributed by atoms with Gasteiger partial charge in [0.1, 0.15) is 6.54 Å². The van der Waals surface area contributed by atoms with E-state index in [0.717, 1.165) is 10.6 Å². The minimum Gasteiger partial charge on any atom is -0.383 e. The van der Waals surface area contributed by atoms with Crippen LogP contribution in [0.15, 0.2) is 46.9 Å². The molecule has 2 aromatic rings. The number of ether oxygens (including phenoxy) is 1. The summed E-state index contributed by atoms with van der Waals surface area (Å²) in [4.78, 5) is 39.4. The second-order valence-electron chi connectivity index (χ2n) is 8.93. The van der Waals surface area contributed by atoms with Gasteiger partial charge in [-0.25, -0.2) is 9.80 Å². The molecule has 3 amide bonds. The number of nitro benzene ring substituents is 1. The molecule has 0 saturated carbocycles. The lowest BCUT2D eigenvalue weighted by Crippen LogP contribution is -2.52. The molecule has 0 bridgehead atoms. The number of non-ortho nitro benzene ring substituents is 1. The third-order valence-corrected chi connectivity index (χ3v) is 6.02. The van der Waals surface area contributed by atoms with E-state index in [9.17, 15) is 19.7 Å². The van der Waals surface area contributed by atoms with Gasteiger partial charge in [0.2, 0.25) is 0 Å². The summed E-state index contributed by atoms with van der Waals surface area (Å²) < 4.78 is 5.12. The van der Waals surface area contributed by atoms with Gasteiger partial charge >= 0.3 is 6.03 Å². The summed E-state index contributed by atoms with van der Waals surface area (Å²) in [6.45, 7) is 5.86. The van der Waals surface area contributed by atoms with E-state index in [0.29, 0.717) is 12.0 Å². The van der Waals surface area contributed by atoms with Crippen molar-refractivity contribution in [3.05, 3.63) is 62.3 Å². The van der Waals surface area contributed by atoms with E-state index in [4.69, 9.17) is 4.74 Å². The SMILES string of the molecule is COCCN(CC(=O)N1N=C(c2cccs2)CC1c1cccc([N+](=O)[O-])c1)C(=O)NC(C)(C)C. The highest BCUT2D eigenvalue weighted by atomic mass is 32.1. The highest BCUT2D eigenvalue weighted by Gasteiger charge is 2.35. The summed E-state index contributed by atoms with van der Waals surface area (Å²) in [5, 5.41) is 22.0. The van der Waals surface area contributed by atoms with Crippen molar-refractivity contribution < 1.29 is 19.2 Å². The molecule has 3 rings (SSSR count). The number of nitrogens with one attached hydrogen (secondary N) is 1. The largest absolute Gasteiger partial charge is 0.383 e. The quantitative estimate of drug-likeness (QED) is 0.449. The number of nitrogens with zero attached hydrogens (tertiary/aromatic N) is 4. The van der Waals surface area contributed by atoms with Gasteiger partial charge in [-0.2, -0.15) is 5.10 Å². The van der Waals surface area contributed by atoms with Gasteiger partial charge in [-0.3, -0.25) is 14.9 Å². The first-order chi connectivity index (χ1) is 16.1. The van der Waals surface area contributed by atoms with E-state index in [2.05, 4.69) is 10.4 Å². The highest BCUT2D eigenvalue weighted by molar-refractivity contribution is 7.12. The Labute approximate surface area is 202 Å². The van der Waals surface area contributed by atoms with Crippen LogP contribution in [0.1, 0.15) is 43.7 Å². The van der Waals surface area contributed by atoms with E-state index >= 15 is 0 Å². The number of carbonyl (C=O) groups is 2. The summed E-state index contributed by atoms with van der Waals surface area (Å²) >= 11 is 1.51. The van der Waals surface area contributed by atoms with E-state index in [1.54, 1.807) is 12.1 Å². The number of hydrogen-bond acceptors (Lipinski definition) is 7. The zero-order valence-corrected chi connectivity index (χ0v) is 20.5. The van der Waals surface area contributed by atoms with Crippen molar-refractivity contribution in [3.63, 3.8) is 0 Å². The lowest BCUT2D eigenvalue weighted by atomic mass is 10.0. The van der Waals surface area contributed by atoms with Gasteiger partial charge in [-0.05, 0) is 37.8 Å². The first-order valence-electron chi connectivity index (χ1n) is 10.8. The second kappa shape index (κ2) is 10.7. The van der Waals surface area contributed by atoms with Gasteiger partial charge in [0.15, 0.2) is 0 Å². The Morgan fingerprint density at radius 3 is 2.71 bits per heavy atom. The number of hydrazone groups is 1. The van der Waals surface area contributed by atoms with Gasteiger partial charge in [0.05, 0.1) is 28.2 Å². The third-order valence-electron chi connectivity index (χ3n) is 5.10. The molecule has 1 unspecified atom stereocenters. The maximum Gasteiger partial charge on any atom is 0.318 e. The van der Waals surface area contributed by atoms with Crippen molar-refractivity contribution in [3.8, 4) is 0 Å². The smallest absolute Gasteiger partial charge is 0.318 e. The maximum absolute atomic E-state index is 13.4. The predicted molar refractivity (Wildman–Crippen MR) is 130 cm³/mol. The summed E-state index contributed by atoms with van der Waals surface area (Å²) in [5.74, 6) is -0.386. The molecule has 1 aromatic carbocycles. The Bertz CT molecular complexity index is 1060. The molecule has 11 heteroatoms. The molecule has 0 radical (unpaired) electrons. The van der Waals surface area contributed by atoms with Crippen LogP contribution in [0.2, 0.25) is 0 Å². The van der Waals surface area contributed by atoms with Crippen LogP contribution in [0.25, 0.3) is 0 Å². The Hall–Kier alpha value is -3.31. The van der Waals surface area contributed by atoms with Gasteiger partial charge in [-0.15, -0.1) is 11.3 Å². The predicted octanol–water partition coefficient (Wildman–Crippen LogP) is 3.79. The molecule has 1 aliphatic rings. The molecular formula is C23H29N5O5S. The normalized spacial score (nSPS) is 15.7. The fourth-order valence-electron chi connectivity index (χ4n) is 3.53. The van der Waals surface area contributed by atoms with Crippen molar-refractivity contribution in [2.45, 2.75) is 38.8 Å². The Morgan fingerprint density at radius 1 is 1.32 bits per heavy atom. The van der Waals surface area contributed by atoms with Crippen molar-refractivity contribution in [1.82, 2.24) is 15.2 Å². The summed E-state index contributed by atoms with van der Waals surface area (Å²) in [6, 6.07) is 9.15. The minimum atomic E-state index is -0.514. The molecule has 0 fully saturated rings. The number of urea groups is 1. The monoisotopic (exact) mass is 487 g/mol. The Morgan fingerprint density at radius 2 is 2.09 bits per heavy atom. The summed E-state index contributed by atoms with van der Waals surface area (Å²) in [7, 11) is 1.53. The molecule has 2 heterocycles. The number of thiophene rings is 1. The van der Waals surface area contributed by atoms with Crippen LogP contribution in [0, 0.1) is 10.1 Å². The van der Waals surface area contributed by atoms with E-state index in [1.807, 2.05) is 38.3 Å². The standard InChI is InChI=1S/C23H29N5O5S/c1-23(2,3)24-22(30)26(10-11-33-4)15-21(29)27-19(14-18(25-27)20-9-6-12-34-20)16-7-5-8-17(13-16)28(31)32/h5-9,12-13,19H,10-11,14-15H2,1-4H3,(H,24,30). The van der Waals surface area contributed by atoms with Gasteiger partial charge in [0, 0.05) is 37.7 Å². The molecule has 182 valence electrons. The number of hydrogen-bond donors (Lipinski definition) is 1. The zero-order valence-electron chi connectivity index (χ0n) is 19.7. The van der Waals surface area contributed by atoms with Crippen LogP contribution in [0.5, 0.6) is 0 Å². The Kier molecular flexibility index (Phi) is 8.00. The molecule has 10 nitrogen and oxygen atoms in total. The first kappa shape index (κ1) is 25.3. The molecular weight excluding hydrogens is 458 g/mol. The van der Waals surface area contributed by atoms with Crippen LogP contribution in [0.4, 0.5) is 10.5 Å². The molecule has 1 N–H and O–H groups in total. The fourth-order valence-corrected chi connectivity index (χ4v) is 4.25. The van der Waals surface area contributed by atoms with Crippen molar-refractivity contribution in [2.75, 3.05) is 26.8 Å². The molecule has 0 spiro atoms. The number of benzene rings is 1. The zero-order chi connectivity index (χ0) is 24.9. The van der Waals surface area contributed by atoms with Crippen LogP contribution < -0.4 is 5.32 Å². The molecule has 0 aliphatic carbocycles. The number of carbonyl (C=O) groups excluding carboxylic acids is 2. The van der Waals surface area contributed by atoms with E-state index in [-0.39, 0.29) is 37.3 Å². The minimum absolute atomic E-state index is 0.0549. The third kappa shape index (κ3) is 6.39. The second-order valence-corrected chi connectivity index (χ2v) is 9.88. The summed E-state index contributed by atoms with van der Waals surface area (Å²) in [6.07, 6.45) is 0.416. The molecule has 1 aliphatic heterocycles. The van der Waals surface area contributed by atoms with Gasteiger partial charge in [-0.1, -0.05) is 18.2 Å². The first-order valence-corrected chi connectivity index (χ1v) is 11.7. The van der Waals surface area contributed by atoms with Crippen LogP contribution in [-0.2, 0) is 9.53 Å². The summed E-state index contributed by atoms with van der Waals surface area (Å²) in [5.41, 5.74) is 0.804. The molecule has 0 saturated heterocycles.